The van der Waals surface area contributed by atoms with Crippen molar-refractivity contribution in [1.29, 1.82) is 0 Å². The fourth-order valence-electron chi connectivity index (χ4n) is 2.20. The van der Waals surface area contributed by atoms with E-state index in [1.165, 1.54) is 0 Å². The van der Waals surface area contributed by atoms with Gasteiger partial charge in [-0.1, -0.05) is 47.0 Å². The molecular weight excluding hydrogens is 296 g/mol. The third kappa shape index (κ3) is 9.39. The second kappa shape index (κ2) is 14.8. The summed E-state index contributed by atoms with van der Waals surface area (Å²) in [5, 5.41) is 0. The Kier molecular flexibility index (Phi) is 15.0. The Hall–Kier alpha value is 0.230. The SMILES string of the molecule is CCCCOC(OCCCC)(OCCCC)C(C)CCCS. The van der Waals surface area contributed by atoms with E-state index in [0.29, 0.717) is 19.8 Å². The summed E-state index contributed by atoms with van der Waals surface area (Å²) in [7, 11) is 0. The molecule has 3 nitrogen and oxygen atoms in total. The van der Waals surface area contributed by atoms with Gasteiger partial charge in [0.25, 0.3) is 5.97 Å². The maximum absolute atomic E-state index is 6.15. The van der Waals surface area contributed by atoms with Crippen LogP contribution >= 0.6 is 12.6 Å². The first-order chi connectivity index (χ1) is 10.7. The minimum Gasteiger partial charge on any atom is -0.327 e. The molecule has 0 aromatic heterocycles. The molecule has 0 aliphatic carbocycles. The summed E-state index contributed by atoms with van der Waals surface area (Å²) >= 11 is 4.33. The standard InChI is InChI=1S/C18H38O3S/c1-5-8-13-19-18(20-14-9-6-2,21-15-10-7-3)17(4)12-11-16-22/h17,22H,5-16H2,1-4H3. The smallest absolute Gasteiger partial charge is 0.285 e. The Morgan fingerprint density at radius 1 is 0.773 bits per heavy atom. The quantitative estimate of drug-likeness (QED) is 0.231. The van der Waals surface area contributed by atoms with E-state index in [-0.39, 0.29) is 5.92 Å². The largest absolute Gasteiger partial charge is 0.327 e. The van der Waals surface area contributed by atoms with Gasteiger partial charge >= 0.3 is 0 Å². The molecule has 0 spiro atoms. The molecule has 4 heteroatoms. The molecule has 0 aromatic rings. The third-order valence-electron chi connectivity index (χ3n) is 3.80. The first-order valence-electron chi connectivity index (χ1n) is 9.19. The molecule has 22 heavy (non-hydrogen) atoms. The molecule has 0 radical (unpaired) electrons. The lowest BCUT2D eigenvalue weighted by atomic mass is 10.0. The van der Waals surface area contributed by atoms with Gasteiger partial charge in [-0.25, -0.2) is 0 Å². The zero-order valence-electron chi connectivity index (χ0n) is 15.2. The summed E-state index contributed by atoms with van der Waals surface area (Å²) in [4.78, 5) is 0. The van der Waals surface area contributed by atoms with Crippen LogP contribution in [0.3, 0.4) is 0 Å². The van der Waals surface area contributed by atoms with E-state index >= 15 is 0 Å². The number of rotatable bonds is 16. The van der Waals surface area contributed by atoms with Gasteiger partial charge in [-0.2, -0.15) is 12.6 Å². The van der Waals surface area contributed by atoms with Crippen molar-refractivity contribution >= 4 is 12.6 Å². The summed E-state index contributed by atoms with van der Waals surface area (Å²) in [6.07, 6.45) is 8.52. The van der Waals surface area contributed by atoms with Crippen LogP contribution in [0.2, 0.25) is 0 Å². The number of thiol groups is 1. The fraction of sp³-hybridized carbons (Fsp3) is 1.00. The van der Waals surface area contributed by atoms with E-state index < -0.39 is 5.97 Å². The second-order valence-electron chi connectivity index (χ2n) is 5.98. The molecule has 1 atom stereocenters. The molecular formula is C18H38O3S. The number of hydrogen-bond acceptors (Lipinski definition) is 4. The van der Waals surface area contributed by atoms with Crippen molar-refractivity contribution in [2.24, 2.45) is 5.92 Å². The summed E-state index contributed by atoms with van der Waals surface area (Å²) < 4.78 is 18.5. The van der Waals surface area contributed by atoms with Gasteiger partial charge in [0.1, 0.15) is 0 Å². The van der Waals surface area contributed by atoms with Crippen molar-refractivity contribution in [2.75, 3.05) is 25.6 Å². The maximum Gasteiger partial charge on any atom is 0.285 e. The van der Waals surface area contributed by atoms with Crippen LogP contribution in [0.4, 0.5) is 0 Å². The lowest BCUT2D eigenvalue weighted by Crippen LogP contribution is -2.46. The van der Waals surface area contributed by atoms with Crippen LogP contribution in [0.15, 0.2) is 0 Å². The fourth-order valence-corrected chi connectivity index (χ4v) is 2.38. The summed E-state index contributed by atoms with van der Waals surface area (Å²) in [6, 6.07) is 0. The first kappa shape index (κ1) is 22.2. The average Bonchev–Trinajstić information content (AvgIpc) is 2.52. The number of hydrogen-bond donors (Lipinski definition) is 1. The van der Waals surface area contributed by atoms with E-state index in [0.717, 1.165) is 57.1 Å². The first-order valence-corrected chi connectivity index (χ1v) is 9.82. The van der Waals surface area contributed by atoms with E-state index in [1.807, 2.05) is 0 Å². The van der Waals surface area contributed by atoms with Gasteiger partial charge in [-0.3, -0.25) is 0 Å². The second-order valence-corrected chi connectivity index (χ2v) is 6.42. The van der Waals surface area contributed by atoms with Gasteiger partial charge < -0.3 is 14.2 Å². The van der Waals surface area contributed by atoms with Crippen molar-refractivity contribution in [2.45, 2.75) is 85.0 Å². The van der Waals surface area contributed by atoms with E-state index in [4.69, 9.17) is 14.2 Å². The molecule has 0 aliphatic rings. The highest BCUT2D eigenvalue weighted by Crippen LogP contribution is 2.30. The Labute approximate surface area is 143 Å². The van der Waals surface area contributed by atoms with Gasteiger partial charge in [0, 0.05) is 5.92 Å². The van der Waals surface area contributed by atoms with Crippen LogP contribution in [0.1, 0.15) is 79.1 Å². The van der Waals surface area contributed by atoms with Gasteiger partial charge in [-0.15, -0.1) is 0 Å². The molecule has 0 fully saturated rings. The van der Waals surface area contributed by atoms with Crippen molar-refractivity contribution in [3.8, 4) is 0 Å². The van der Waals surface area contributed by atoms with Crippen LogP contribution in [0, 0.1) is 5.92 Å². The molecule has 0 saturated heterocycles. The van der Waals surface area contributed by atoms with Crippen LogP contribution in [-0.2, 0) is 14.2 Å². The van der Waals surface area contributed by atoms with E-state index in [2.05, 4.69) is 40.3 Å². The predicted octanol–water partition coefficient (Wildman–Crippen LogP) is 5.44. The molecule has 0 saturated carbocycles. The molecule has 0 heterocycles. The average molecular weight is 335 g/mol. The van der Waals surface area contributed by atoms with Crippen molar-refractivity contribution in [3.63, 3.8) is 0 Å². The predicted molar refractivity (Wildman–Crippen MR) is 97.6 cm³/mol. The van der Waals surface area contributed by atoms with Gasteiger partial charge in [0.05, 0.1) is 19.8 Å². The molecule has 134 valence electrons. The van der Waals surface area contributed by atoms with Crippen molar-refractivity contribution < 1.29 is 14.2 Å². The molecule has 0 bridgehead atoms. The lowest BCUT2D eigenvalue weighted by molar-refractivity contribution is -0.404. The lowest BCUT2D eigenvalue weighted by Gasteiger charge is -2.38. The Balaban J connectivity index is 4.82. The van der Waals surface area contributed by atoms with Crippen LogP contribution in [0.25, 0.3) is 0 Å². The molecule has 0 amide bonds. The van der Waals surface area contributed by atoms with E-state index in [1.54, 1.807) is 0 Å². The van der Waals surface area contributed by atoms with E-state index in [9.17, 15) is 0 Å². The molecule has 0 aromatic carbocycles. The van der Waals surface area contributed by atoms with Crippen molar-refractivity contribution in [1.82, 2.24) is 0 Å². The molecule has 0 rings (SSSR count). The maximum atomic E-state index is 6.15. The monoisotopic (exact) mass is 334 g/mol. The number of ether oxygens (including phenoxy) is 3. The Morgan fingerprint density at radius 3 is 1.50 bits per heavy atom. The molecule has 0 aliphatic heterocycles. The third-order valence-corrected chi connectivity index (χ3v) is 4.12. The highest BCUT2D eigenvalue weighted by atomic mass is 32.1. The van der Waals surface area contributed by atoms with Crippen LogP contribution in [-0.4, -0.2) is 31.5 Å². The van der Waals surface area contributed by atoms with Gasteiger partial charge in [0.15, 0.2) is 0 Å². The topological polar surface area (TPSA) is 27.7 Å². The molecule has 1 unspecified atom stereocenters. The van der Waals surface area contributed by atoms with Crippen molar-refractivity contribution in [3.05, 3.63) is 0 Å². The summed E-state index contributed by atoms with van der Waals surface area (Å²) in [5.74, 6) is 0.229. The number of unbranched alkanes of at least 4 members (excludes halogenated alkanes) is 3. The highest BCUT2D eigenvalue weighted by molar-refractivity contribution is 7.80. The zero-order valence-corrected chi connectivity index (χ0v) is 16.1. The Bertz CT molecular complexity index is 210. The van der Waals surface area contributed by atoms with Crippen LogP contribution in [0.5, 0.6) is 0 Å². The minimum atomic E-state index is -0.873. The summed E-state index contributed by atoms with van der Waals surface area (Å²) in [6.45, 7) is 10.8. The molecule has 0 N–H and O–H groups in total. The van der Waals surface area contributed by atoms with Gasteiger partial charge in [-0.05, 0) is 37.9 Å². The summed E-state index contributed by atoms with van der Waals surface area (Å²) in [5.41, 5.74) is 0. The Morgan fingerprint density at radius 2 is 1.18 bits per heavy atom. The highest BCUT2D eigenvalue weighted by Gasteiger charge is 2.39. The zero-order chi connectivity index (χ0) is 16.7. The normalized spacial score (nSPS) is 13.5. The van der Waals surface area contributed by atoms with Crippen LogP contribution < -0.4 is 0 Å². The minimum absolute atomic E-state index is 0.213. The van der Waals surface area contributed by atoms with Gasteiger partial charge in [0.2, 0.25) is 0 Å².